The number of urea groups is 1. The lowest BCUT2D eigenvalue weighted by Gasteiger charge is -2.27. The van der Waals surface area contributed by atoms with E-state index < -0.39 is 5.69 Å². The Morgan fingerprint density at radius 2 is 1.91 bits per heavy atom. The van der Waals surface area contributed by atoms with Gasteiger partial charge in [-0.2, -0.15) is 4.98 Å². The molecule has 1 aromatic heterocycles. The predicted octanol–water partition coefficient (Wildman–Crippen LogP) is 0.573. The van der Waals surface area contributed by atoms with Crippen LogP contribution >= 0.6 is 0 Å². The van der Waals surface area contributed by atoms with E-state index in [2.05, 4.69) is 27.4 Å². The van der Waals surface area contributed by atoms with Crippen molar-refractivity contribution in [3.63, 3.8) is 0 Å². The number of hydrogen-bond acceptors (Lipinski definition) is 7. The van der Waals surface area contributed by atoms with Crippen LogP contribution in [-0.4, -0.2) is 83.8 Å². The minimum atomic E-state index is -0.455. The maximum atomic E-state index is 12.6. The molecule has 5 rings (SSSR count). The Bertz CT molecular complexity index is 1050. The molecule has 10 heteroatoms. The van der Waals surface area contributed by atoms with Crippen molar-refractivity contribution in [1.82, 2.24) is 24.7 Å². The molecule has 4 atom stereocenters. The smallest absolute Gasteiger partial charge is 0.354 e. The zero-order valence-electron chi connectivity index (χ0n) is 19.5. The Kier molecular flexibility index (Phi) is 6.53. The highest BCUT2D eigenvalue weighted by Gasteiger charge is 2.55. The van der Waals surface area contributed by atoms with Crippen LogP contribution in [0.5, 0.6) is 5.75 Å². The number of carbonyl (C=O) groups is 1. The van der Waals surface area contributed by atoms with Crippen LogP contribution in [0.2, 0.25) is 0 Å². The molecule has 2 amide bonds. The van der Waals surface area contributed by atoms with E-state index in [1.54, 1.807) is 17.2 Å². The van der Waals surface area contributed by atoms with E-state index in [4.69, 9.17) is 10.5 Å². The number of anilines is 1. The van der Waals surface area contributed by atoms with Crippen molar-refractivity contribution in [1.29, 1.82) is 0 Å². The average Bonchev–Trinajstić information content (AvgIpc) is 3.33. The molecule has 182 valence electrons. The Balaban J connectivity index is 1.14. The van der Waals surface area contributed by atoms with Gasteiger partial charge in [-0.3, -0.25) is 14.8 Å². The summed E-state index contributed by atoms with van der Waals surface area (Å²) in [4.78, 5) is 33.1. The van der Waals surface area contributed by atoms with Gasteiger partial charge in [0.25, 0.3) is 0 Å². The third-order valence-electron chi connectivity index (χ3n) is 7.34. The summed E-state index contributed by atoms with van der Waals surface area (Å²) in [5, 5.41) is 5.91. The van der Waals surface area contributed by atoms with E-state index in [9.17, 15) is 9.59 Å². The number of aromatic nitrogens is 2. The fourth-order valence-corrected chi connectivity index (χ4v) is 5.14. The van der Waals surface area contributed by atoms with Gasteiger partial charge < -0.3 is 20.7 Å². The summed E-state index contributed by atoms with van der Waals surface area (Å²) in [6.07, 6.45) is 1.62. The lowest BCUT2D eigenvalue weighted by atomic mass is 10.2. The molecule has 34 heavy (non-hydrogen) atoms. The predicted molar refractivity (Wildman–Crippen MR) is 129 cm³/mol. The van der Waals surface area contributed by atoms with Gasteiger partial charge in [-0.1, -0.05) is 0 Å². The highest BCUT2D eigenvalue weighted by molar-refractivity contribution is 5.88. The van der Waals surface area contributed by atoms with Gasteiger partial charge in [0.2, 0.25) is 0 Å². The van der Waals surface area contributed by atoms with Crippen molar-refractivity contribution in [2.45, 2.75) is 13.0 Å². The minimum Gasteiger partial charge on any atom is -0.492 e. The highest BCUT2D eigenvalue weighted by atomic mass is 16.5. The van der Waals surface area contributed by atoms with E-state index >= 15 is 0 Å². The Morgan fingerprint density at radius 1 is 1.21 bits per heavy atom. The van der Waals surface area contributed by atoms with Gasteiger partial charge in [0.1, 0.15) is 18.2 Å². The lowest BCUT2D eigenvalue weighted by Crippen LogP contribution is -2.48. The molecule has 1 saturated carbocycles. The molecule has 0 spiro atoms. The topological polar surface area (TPSA) is 118 Å². The first-order valence-electron chi connectivity index (χ1n) is 12.1. The molecule has 0 radical (unpaired) electrons. The molecule has 3 heterocycles. The number of nitrogens with two attached hydrogens (primary N) is 1. The average molecular weight is 468 g/mol. The van der Waals surface area contributed by atoms with Gasteiger partial charge in [0.05, 0.1) is 5.69 Å². The SMILES string of the molecule is CC(COc1ccc(-n2ccc(NC(=O)N3CCNCC3)nc2=O)cc1)N1CC2C(CN)[C@H]2C1. The van der Waals surface area contributed by atoms with E-state index in [-0.39, 0.29) is 11.8 Å². The minimum absolute atomic E-state index is 0.243. The molecule has 4 N–H and O–H groups in total. The molecule has 1 aromatic carbocycles. The fraction of sp³-hybridized carbons (Fsp3) is 0.542. The van der Waals surface area contributed by atoms with Crippen LogP contribution in [0.4, 0.5) is 10.6 Å². The number of ether oxygens (including phenoxy) is 1. The number of nitrogens with one attached hydrogen (secondary N) is 2. The summed E-state index contributed by atoms with van der Waals surface area (Å²) in [7, 11) is 0. The largest absolute Gasteiger partial charge is 0.492 e. The standard InChI is InChI=1S/C24H33N7O3/c1-16(30-13-20-19(12-25)21(20)14-30)15-34-18-4-2-17(3-5-18)31-9-6-22(28-24(31)33)27-23(32)29-10-7-26-8-11-29/h2-6,9,16,19-21,26H,7-8,10-15,25H2,1H3,(H,27,28,32,33)/t16?,19?,20-,21?/m1/s1. The summed E-state index contributed by atoms with van der Waals surface area (Å²) in [5.41, 5.74) is 6.04. The molecular weight excluding hydrogens is 434 g/mol. The number of rotatable bonds is 7. The second-order valence-corrected chi connectivity index (χ2v) is 9.47. The number of benzene rings is 1. The Labute approximate surface area is 199 Å². The molecule has 0 bridgehead atoms. The van der Waals surface area contributed by atoms with Gasteiger partial charge in [-0.15, -0.1) is 0 Å². The third-order valence-corrected chi connectivity index (χ3v) is 7.34. The van der Waals surface area contributed by atoms with Crippen LogP contribution in [0.1, 0.15) is 6.92 Å². The van der Waals surface area contributed by atoms with Crippen molar-refractivity contribution in [3.05, 3.63) is 47.0 Å². The maximum Gasteiger partial charge on any atom is 0.354 e. The highest BCUT2D eigenvalue weighted by Crippen LogP contribution is 2.51. The van der Waals surface area contributed by atoms with E-state index in [0.717, 1.165) is 56.2 Å². The van der Waals surface area contributed by atoms with Gasteiger partial charge in [0, 0.05) is 51.5 Å². The van der Waals surface area contributed by atoms with E-state index in [1.165, 1.54) is 4.57 Å². The third kappa shape index (κ3) is 4.79. The first-order valence-corrected chi connectivity index (χ1v) is 12.1. The first kappa shape index (κ1) is 22.8. The number of piperazine rings is 1. The molecule has 2 aromatic rings. The molecule has 3 fully saturated rings. The van der Waals surface area contributed by atoms with Crippen LogP contribution in [0.25, 0.3) is 5.69 Å². The maximum absolute atomic E-state index is 12.6. The van der Waals surface area contributed by atoms with Crippen molar-refractivity contribution in [2.24, 2.45) is 23.5 Å². The second kappa shape index (κ2) is 9.73. The molecule has 3 aliphatic rings. The molecule has 3 unspecified atom stereocenters. The van der Waals surface area contributed by atoms with Gasteiger partial charge in [0.15, 0.2) is 0 Å². The number of hydrogen-bond donors (Lipinski definition) is 3. The van der Waals surface area contributed by atoms with Crippen molar-refractivity contribution in [2.75, 3.05) is 57.7 Å². The monoisotopic (exact) mass is 467 g/mol. The van der Waals surface area contributed by atoms with Gasteiger partial charge >= 0.3 is 11.7 Å². The van der Waals surface area contributed by atoms with Crippen LogP contribution in [0, 0.1) is 17.8 Å². The number of carbonyl (C=O) groups excluding carboxylic acids is 1. The summed E-state index contributed by atoms with van der Waals surface area (Å²) >= 11 is 0. The number of amides is 2. The molecule has 1 aliphatic carbocycles. The van der Waals surface area contributed by atoms with Crippen LogP contribution < -0.4 is 26.8 Å². The van der Waals surface area contributed by atoms with Gasteiger partial charge in [-0.05, 0) is 61.6 Å². The molecule has 2 aliphatic heterocycles. The number of likely N-dealkylation sites (tertiary alicyclic amines) is 1. The van der Waals surface area contributed by atoms with Crippen LogP contribution in [-0.2, 0) is 0 Å². The zero-order valence-corrected chi connectivity index (χ0v) is 19.5. The fourth-order valence-electron chi connectivity index (χ4n) is 5.14. The summed E-state index contributed by atoms with van der Waals surface area (Å²) in [6, 6.07) is 9.12. The van der Waals surface area contributed by atoms with Crippen LogP contribution in [0.3, 0.4) is 0 Å². The summed E-state index contributed by atoms with van der Waals surface area (Å²) in [5.74, 6) is 3.30. The lowest BCUT2D eigenvalue weighted by molar-refractivity contribution is 0.154. The number of fused-ring (bicyclic) bond motifs is 1. The Morgan fingerprint density at radius 3 is 2.56 bits per heavy atom. The molecular formula is C24H33N7O3. The summed E-state index contributed by atoms with van der Waals surface area (Å²) in [6.45, 7) is 8.65. The Hall–Kier alpha value is -2.95. The number of piperidine rings is 1. The van der Waals surface area contributed by atoms with Crippen molar-refractivity contribution in [3.8, 4) is 11.4 Å². The second-order valence-electron chi connectivity index (χ2n) is 9.47. The quantitative estimate of drug-likeness (QED) is 0.545. The van der Waals surface area contributed by atoms with Crippen molar-refractivity contribution >= 4 is 11.8 Å². The number of nitrogens with zero attached hydrogens (tertiary/aromatic N) is 4. The first-order chi connectivity index (χ1) is 16.5. The van der Waals surface area contributed by atoms with Gasteiger partial charge in [-0.25, -0.2) is 9.59 Å². The molecule has 10 nitrogen and oxygen atoms in total. The summed E-state index contributed by atoms with van der Waals surface area (Å²) < 4.78 is 7.44. The van der Waals surface area contributed by atoms with E-state index in [1.807, 2.05) is 24.3 Å². The van der Waals surface area contributed by atoms with E-state index in [0.29, 0.717) is 31.4 Å². The zero-order chi connectivity index (χ0) is 23.7. The normalized spacial score (nSPS) is 25.0. The molecule has 2 saturated heterocycles. The van der Waals surface area contributed by atoms with Crippen molar-refractivity contribution < 1.29 is 9.53 Å². The van der Waals surface area contributed by atoms with Crippen LogP contribution in [0.15, 0.2) is 41.3 Å².